The van der Waals surface area contributed by atoms with Crippen molar-refractivity contribution in [2.45, 2.75) is 25.3 Å². The van der Waals surface area contributed by atoms with Crippen molar-refractivity contribution in [1.29, 1.82) is 0 Å². The summed E-state index contributed by atoms with van der Waals surface area (Å²) in [6, 6.07) is 7.12. The molecule has 4 rings (SSSR count). The number of nitrogens with zero attached hydrogens (tertiary/aromatic N) is 3. The van der Waals surface area contributed by atoms with Gasteiger partial charge in [-0.2, -0.15) is 0 Å². The molecule has 5 nitrogen and oxygen atoms in total. The number of hydrogen-bond acceptors (Lipinski definition) is 5. The lowest BCUT2D eigenvalue weighted by atomic mass is 9.85. The Morgan fingerprint density at radius 2 is 2.04 bits per heavy atom. The van der Waals surface area contributed by atoms with Gasteiger partial charge in [-0.05, 0) is 24.5 Å². The van der Waals surface area contributed by atoms with E-state index < -0.39 is 6.04 Å². The number of Topliss-reactive ketones (excluding diaryl/α,β-unsaturated/α-hetero) is 1. The van der Waals surface area contributed by atoms with E-state index in [2.05, 4.69) is 15.3 Å². The molecule has 0 spiro atoms. The molecule has 1 atom stereocenters. The third-order valence-corrected chi connectivity index (χ3v) is 4.61. The number of rotatable bonds is 2. The number of allylic oxidation sites excluding steroid dienone is 1. The summed E-state index contributed by atoms with van der Waals surface area (Å²) in [7, 11) is 0. The molecule has 1 aliphatic heterocycles. The molecule has 1 aliphatic carbocycles. The average molecular weight is 339 g/mol. The Morgan fingerprint density at radius 3 is 2.83 bits per heavy atom. The quantitative estimate of drug-likeness (QED) is 0.912. The highest BCUT2D eigenvalue weighted by Gasteiger charge is 2.34. The van der Waals surface area contributed by atoms with Crippen molar-refractivity contribution in [1.82, 2.24) is 15.3 Å². The normalized spacial score (nSPS) is 20.3. The van der Waals surface area contributed by atoms with Gasteiger partial charge >= 0.3 is 0 Å². The van der Waals surface area contributed by atoms with Crippen LogP contribution in [0.3, 0.4) is 0 Å². The molecule has 0 radical (unpaired) electrons. The van der Waals surface area contributed by atoms with Crippen molar-refractivity contribution < 1.29 is 4.79 Å². The topological polar surface area (TPSA) is 67.2 Å². The van der Waals surface area contributed by atoms with Crippen LogP contribution >= 0.6 is 11.6 Å². The van der Waals surface area contributed by atoms with Crippen LogP contribution in [0.4, 0.5) is 0 Å². The van der Waals surface area contributed by atoms with E-state index in [0.29, 0.717) is 23.0 Å². The summed E-state index contributed by atoms with van der Waals surface area (Å²) < 4.78 is 0. The zero-order chi connectivity index (χ0) is 16.5. The molecule has 0 saturated heterocycles. The van der Waals surface area contributed by atoms with Crippen LogP contribution in [0.1, 0.15) is 36.6 Å². The van der Waals surface area contributed by atoms with Crippen LogP contribution in [0.25, 0.3) is 0 Å². The number of hydrogen-bond donors (Lipinski definition) is 1. The fourth-order valence-electron chi connectivity index (χ4n) is 3.15. The second kappa shape index (κ2) is 6.17. The van der Waals surface area contributed by atoms with Crippen molar-refractivity contribution >= 4 is 23.2 Å². The van der Waals surface area contributed by atoms with Crippen molar-refractivity contribution in [2.75, 3.05) is 0 Å². The summed E-state index contributed by atoms with van der Waals surface area (Å²) in [6.45, 7) is 0. The number of ketones is 1. The lowest BCUT2D eigenvalue weighted by Gasteiger charge is -2.30. The van der Waals surface area contributed by atoms with E-state index in [-0.39, 0.29) is 5.78 Å². The second-order valence-electron chi connectivity index (χ2n) is 5.79. The molecule has 120 valence electrons. The number of carbonyl (C=O) groups excluding carboxylic acids is 1. The van der Waals surface area contributed by atoms with Gasteiger partial charge in [-0.25, -0.2) is 4.98 Å². The van der Waals surface area contributed by atoms with E-state index in [1.807, 2.05) is 24.3 Å². The van der Waals surface area contributed by atoms with Gasteiger partial charge in [0.05, 0.1) is 6.20 Å². The lowest BCUT2D eigenvalue weighted by Crippen LogP contribution is -2.35. The molecule has 0 bridgehead atoms. The summed E-state index contributed by atoms with van der Waals surface area (Å²) in [6.07, 6.45) is 7.12. The summed E-state index contributed by atoms with van der Waals surface area (Å²) in [5.74, 6) is 0.761. The zero-order valence-corrected chi connectivity index (χ0v) is 13.6. The second-order valence-corrected chi connectivity index (χ2v) is 6.19. The van der Waals surface area contributed by atoms with Crippen LogP contribution in [0.2, 0.25) is 5.02 Å². The molecule has 1 unspecified atom stereocenters. The van der Waals surface area contributed by atoms with Gasteiger partial charge in [0.2, 0.25) is 0 Å². The van der Waals surface area contributed by atoms with Crippen molar-refractivity contribution in [3.63, 3.8) is 0 Å². The van der Waals surface area contributed by atoms with Gasteiger partial charge in [0.1, 0.15) is 11.7 Å². The van der Waals surface area contributed by atoms with E-state index in [4.69, 9.17) is 16.6 Å². The van der Waals surface area contributed by atoms with Crippen LogP contribution in [0.5, 0.6) is 0 Å². The highest BCUT2D eigenvalue weighted by Crippen LogP contribution is 2.39. The van der Waals surface area contributed by atoms with Gasteiger partial charge < -0.3 is 5.32 Å². The predicted octanol–water partition coefficient (Wildman–Crippen LogP) is 3.23. The van der Waals surface area contributed by atoms with Gasteiger partial charge in [0.25, 0.3) is 0 Å². The van der Waals surface area contributed by atoms with Crippen molar-refractivity contribution in [2.24, 2.45) is 4.99 Å². The standard InChI is InChI=1S/C18H15ClN4O/c19-12-5-2-1-4-11(12)17-16-13(6-3-7-15(16)24)22-18(23-17)14-10-20-8-9-21-14/h1-2,4-5,8-10,17H,3,6-7H2,(H,22,23). The first-order valence-corrected chi connectivity index (χ1v) is 8.23. The molecule has 0 saturated carbocycles. The Hall–Kier alpha value is -2.53. The number of benzene rings is 1. The first-order valence-electron chi connectivity index (χ1n) is 7.86. The number of halogens is 1. The summed E-state index contributed by atoms with van der Waals surface area (Å²) >= 11 is 6.38. The minimum Gasteiger partial charge on any atom is -0.342 e. The zero-order valence-electron chi connectivity index (χ0n) is 12.9. The van der Waals surface area contributed by atoms with Crippen LogP contribution in [0.15, 0.2) is 59.1 Å². The Labute approximate surface area is 144 Å². The fraction of sp³-hybridized carbons (Fsp3) is 0.222. The van der Waals surface area contributed by atoms with Crippen LogP contribution in [-0.2, 0) is 4.79 Å². The number of carbonyl (C=O) groups is 1. The molecule has 6 heteroatoms. The molecule has 1 aromatic carbocycles. The maximum Gasteiger partial charge on any atom is 0.163 e. The first kappa shape index (κ1) is 15.0. The summed E-state index contributed by atoms with van der Waals surface area (Å²) in [4.78, 5) is 25.7. The molecule has 2 heterocycles. The SMILES string of the molecule is O=C1CCCC2=C1C(c1ccccc1Cl)N=C(c1cnccn1)N2. The Kier molecular flexibility index (Phi) is 3.86. The molecule has 2 aromatic rings. The molecular weight excluding hydrogens is 324 g/mol. The third-order valence-electron chi connectivity index (χ3n) is 4.26. The monoisotopic (exact) mass is 338 g/mol. The highest BCUT2D eigenvalue weighted by atomic mass is 35.5. The molecule has 1 N–H and O–H groups in total. The minimum absolute atomic E-state index is 0.135. The molecule has 0 fully saturated rings. The van der Waals surface area contributed by atoms with Gasteiger partial charge in [0.15, 0.2) is 11.6 Å². The molecule has 1 aromatic heterocycles. The first-order chi connectivity index (χ1) is 11.7. The Morgan fingerprint density at radius 1 is 1.17 bits per heavy atom. The molecule has 2 aliphatic rings. The van der Waals surface area contributed by atoms with Gasteiger partial charge in [-0.1, -0.05) is 29.8 Å². The van der Waals surface area contributed by atoms with Crippen molar-refractivity contribution in [3.8, 4) is 0 Å². The largest absolute Gasteiger partial charge is 0.342 e. The van der Waals surface area contributed by atoms with Gasteiger partial charge in [-0.15, -0.1) is 0 Å². The maximum atomic E-state index is 12.5. The van der Waals surface area contributed by atoms with E-state index >= 15 is 0 Å². The van der Waals surface area contributed by atoms with Crippen LogP contribution in [0, 0.1) is 0 Å². The van der Waals surface area contributed by atoms with E-state index in [9.17, 15) is 4.79 Å². The van der Waals surface area contributed by atoms with Gasteiger partial charge in [0, 0.05) is 35.1 Å². The number of aromatic nitrogens is 2. The summed E-state index contributed by atoms with van der Waals surface area (Å²) in [5.41, 5.74) is 3.14. The maximum absolute atomic E-state index is 12.5. The molecular formula is C18H15ClN4O. The number of amidine groups is 1. The smallest absolute Gasteiger partial charge is 0.163 e. The fourth-order valence-corrected chi connectivity index (χ4v) is 3.39. The highest BCUT2D eigenvalue weighted by molar-refractivity contribution is 6.31. The average Bonchev–Trinajstić information content (AvgIpc) is 2.62. The van der Waals surface area contributed by atoms with E-state index in [0.717, 1.165) is 29.7 Å². The Bertz CT molecular complexity index is 860. The molecule has 24 heavy (non-hydrogen) atoms. The van der Waals surface area contributed by atoms with Crippen LogP contribution < -0.4 is 5.32 Å². The Balaban J connectivity index is 1.86. The van der Waals surface area contributed by atoms with Crippen LogP contribution in [-0.4, -0.2) is 21.6 Å². The predicted molar refractivity (Wildman–Crippen MR) is 91.8 cm³/mol. The van der Waals surface area contributed by atoms with E-state index in [1.54, 1.807) is 18.6 Å². The molecule has 0 amide bonds. The summed E-state index contributed by atoms with van der Waals surface area (Å²) in [5, 5.41) is 3.89. The van der Waals surface area contributed by atoms with Crippen molar-refractivity contribution in [3.05, 3.63) is 70.4 Å². The lowest BCUT2D eigenvalue weighted by molar-refractivity contribution is -0.116. The third kappa shape index (κ3) is 2.61. The number of nitrogens with one attached hydrogen (secondary N) is 1. The number of aliphatic imine (C=N–C) groups is 1. The van der Waals surface area contributed by atoms with Gasteiger partial charge in [-0.3, -0.25) is 14.8 Å². The minimum atomic E-state index is -0.403. The van der Waals surface area contributed by atoms with E-state index in [1.165, 1.54) is 0 Å².